The van der Waals surface area contributed by atoms with E-state index in [1.165, 1.54) is 24.3 Å². The minimum Gasteiger partial charge on any atom is -0.289 e. The van der Waals surface area contributed by atoms with E-state index in [4.69, 9.17) is 11.6 Å². The topological polar surface area (TPSA) is 17.1 Å². The minimum absolute atomic E-state index is 0.160. The summed E-state index contributed by atoms with van der Waals surface area (Å²) >= 11 is 5.96. The van der Waals surface area contributed by atoms with Crippen molar-refractivity contribution in [1.29, 1.82) is 0 Å². The first-order valence-corrected chi connectivity index (χ1v) is 5.52. The summed E-state index contributed by atoms with van der Waals surface area (Å²) in [6.45, 7) is 1.87. The maximum atomic E-state index is 12.7. The molecule has 0 aliphatic heterocycles. The first-order valence-electron chi connectivity index (χ1n) is 5.14. The number of carbonyl (C=O) groups excluding carboxylic acids is 1. The van der Waals surface area contributed by atoms with E-state index in [9.17, 15) is 9.18 Å². The fourth-order valence-corrected chi connectivity index (χ4v) is 1.68. The van der Waals surface area contributed by atoms with Crippen molar-refractivity contribution < 1.29 is 9.18 Å². The Morgan fingerprint density at radius 1 is 1.06 bits per heavy atom. The lowest BCUT2D eigenvalue weighted by molar-refractivity contribution is 0.103. The zero-order valence-electron chi connectivity index (χ0n) is 9.21. The van der Waals surface area contributed by atoms with Crippen molar-refractivity contribution in [2.24, 2.45) is 0 Å². The molecule has 1 nitrogen and oxygen atoms in total. The Kier molecular flexibility index (Phi) is 3.25. The molecular formula is C14H10ClFO. The third kappa shape index (κ3) is 2.53. The Bertz CT molecular complexity index is 561. The van der Waals surface area contributed by atoms with Gasteiger partial charge >= 0.3 is 0 Å². The van der Waals surface area contributed by atoms with Gasteiger partial charge < -0.3 is 0 Å². The summed E-state index contributed by atoms with van der Waals surface area (Å²) in [5.41, 5.74) is 1.88. The largest absolute Gasteiger partial charge is 0.289 e. The monoisotopic (exact) mass is 248 g/mol. The van der Waals surface area contributed by atoms with E-state index in [2.05, 4.69) is 0 Å². The lowest BCUT2D eigenvalue weighted by Gasteiger charge is -2.03. The van der Waals surface area contributed by atoms with Crippen molar-refractivity contribution in [2.45, 2.75) is 6.92 Å². The molecule has 0 spiro atoms. The second-order valence-electron chi connectivity index (χ2n) is 3.80. The van der Waals surface area contributed by atoms with Gasteiger partial charge in [0.15, 0.2) is 5.78 Å². The van der Waals surface area contributed by atoms with Gasteiger partial charge in [-0.15, -0.1) is 0 Å². The molecule has 0 saturated carbocycles. The minimum atomic E-state index is -0.358. The molecule has 2 rings (SSSR count). The summed E-state index contributed by atoms with van der Waals surface area (Å²) in [5, 5.41) is 0.554. The van der Waals surface area contributed by atoms with Gasteiger partial charge in [-0.05, 0) is 42.8 Å². The molecular weight excluding hydrogens is 239 g/mol. The Morgan fingerprint density at radius 2 is 1.65 bits per heavy atom. The zero-order chi connectivity index (χ0) is 12.4. The molecule has 0 heterocycles. The molecule has 0 aliphatic rings. The lowest BCUT2D eigenvalue weighted by atomic mass is 10.0. The first kappa shape index (κ1) is 11.8. The van der Waals surface area contributed by atoms with Gasteiger partial charge in [-0.3, -0.25) is 4.79 Å². The van der Waals surface area contributed by atoms with Gasteiger partial charge in [0.25, 0.3) is 0 Å². The predicted molar refractivity (Wildman–Crippen MR) is 66.0 cm³/mol. The van der Waals surface area contributed by atoms with Crippen LogP contribution in [0.15, 0.2) is 42.5 Å². The SMILES string of the molecule is Cc1ccc(C(=O)c2ccc(F)cc2)cc1Cl. The van der Waals surface area contributed by atoms with Gasteiger partial charge in [0.05, 0.1) is 0 Å². The van der Waals surface area contributed by atoms with Gasteiger partial charge in [0.2, 0.25) is 0 Å². The van der Waals surface area contributed by atoms with Crippen LogP contribution >= 0.6 is 11.6 Å². The predicted octanol–water partition coefficient (Wildman–Crippen LogP) is 4.02. The van der Waals surface area contributed by atoms with E-state index >= 15 is 0 Å². The smallest absolute Gasteiger partial charge is 0.193 e. The van der Waals surface area contributed by atoms with Crippen LogP contribution < -0.4 is 0 Å². The molecule has 0 radical (unpaired) electrons. The second-order valence-corrected chi connectivity index (χ2v) is 4.21. The molecule has 0 atom stereocenters. The lowest BCUT2D eigenvalue weighted by Crippen LogP contribution is -2.01. The molecule has 0 amide bonds. The normalized spacial score (nSPS) is 10.3. The van der Waals surface area contributed by atoms with Crippen molar-refractivity contribution in [2.75, 3.05) is 0 Å². The van der Waals surface area contributed by atoms with Crippen LogP contribution in [-0.2, 0) is 0 Å². The first-order chi connectivity index (χ1) is 8.08. The number of halogens is 2. The highest BCUT2D eigenvalue weighted by atomic mass is 35.5. The van der Waals surface area contributed by atoms with Crippen LogP contribution in [0.4, 0.5) is 4.39 Å². The fraction of sp³-hybridized carbons (Fsp3) is 0.0714. The number of hydrogen-bond donors (Lipinski definition) is 0. The number of ketones is 1. The second kappa shape index (κ2) is 4.68. The summed E-state index contributed by atoms with van der Waals surface area (Å²) in [5.74, 6) is -0.518. The Hall–Kier alpha value is -1.67. The Balaban J connectivity index is 2.37. The maximum absolute atomic E-state index is 12.7. The molecule has 86 valence electrons. The van der Waals surface area contributed by atoms with Gasteiger partial charge in [-0.1, -0.05) is 23.7 Å². The zero-order valence-corrected chi connectivity index (χ0v) is 9.96. The third-order valence-electron chi connectivity index (χ3n) is 2.54. The van der Waals surface area contributed by atoms with Crippen LogP contribution in [-0.4, -0.2) is 5.78 Å². The number of aryl methyl sites for hydroxylation is 1. The van der Waals surface area contributed by atoms with Gasteiger partial charge in [-0.2, -0.15) is 0 Å². The molecule has 0 saturated heterocycles. The van der Waals surface area contributed by atoms with Crippen molar-refractivity contribution in [3.63, 3.8) is 0 Å². The average molecular weight is 249 g/mol. The highest BCUT2D eigenvalue weighted by Gasteiger charge is 2.10. The summed E-state index contributed by atoms with van der Waals surface area (Å²) in [6.07, 6.45) is 0. The quantitative estimate of drug-likeness (QED) is 0.734. The van der Waals surface area contributed by atoms with E-state index < -0.39 is 0 Å². The summed E-state index contributed by atoms with van der Waals surface area (Å²) in [6, 6.07) is 10.6. The van der Waals surface area contributed by atoms with E-state index in [1.54, 1.807) is 18.2 Å². The maximum Gasteiger partial charge on any atom is 0.193 e. The van der Waals surface area contributed by atoms with Crippen molar-refractivity contribution in [3.05, 3.63) is 70.0 Å². The van der Waals surface area contributed by atoms with E-state index in [-0.39, 0.29) is 11.6 Å². The van der Waals surface area contributed by atoms with E-state index in [0.29, 0.717) is 16.1 Å². The van der Waals surface area contributed by atoms with E-state index in [1.807, 2.05) is 6.92 Å². The average Bonchev–Trinajstić information content (AvgIpc) is 2.33. The molecule has 0 N–H and O–H groups in total. The van der Waals surface area contributed by atoms with Crippen molar-refractivity contribution in [3.8, 4) is 0 Å². The number of hydrogen-bond acceptors (Lipinski definition) is 1. The van der Waals surface area contributed by atoms with Crippen LogP contribution in [0.3, 0.4) is 0 Å². The molecule has 0 fully saturated rings. The molecule has 0 aliphatic carbocycles. The highest BCUT2D eigenvalue weighted by Crippen LogP contribution is 2.19. The van der Waals surface area contributed by atoms with Crippen LogP contribution in [0, 0.1) is 12.7 Å². The molecule has 2 aromatic carbocycles. The standard InChI is InChI=1S/C14H10ClFO/c1-9-2-3-11(8-13(9)15)14(17)10-4-6-12(16)7-5-10/h2-8H,1H3. The van der Waals surface area contributed by atoms with Crippen molar-refractivity contribution >= 4 is 17.4 Å². The Labute approximate surface area is 104 Å². The molecule has 0 aromatic heterocycles. The summed E-state index contributed by atoms with van der Waals surface area (Å²) < 4.78 is 12.7. The van der Waals surface area contributed by atoms with Crippen LogP contribution in [0.2, 0.25) is 5.02 Å². The van der Waals surface area contributed by atoms with Crippen LogP contribution in [0.5, 0.6) is 0 Å². The van der Waals surface area contributed by atoms with Crippen LogP contribution in [0.25, 0.3) is 0 Å². The van der Waals surface area contributed by atoms with Crippen molar-refractivity contribution in [1.82, 2.24) is 0 Å². The molecule has 0 unspecified atom stereocenters. The fourth-order valence-electron chi connectivity index (χ4n) is 1.50. The van der Waals surface area contributed by atoms with E-state index in [0.717, 1.165) is 5.56 Å². The summed E-state index contributed by atoms with van der Waals surface area (Å²) in [4.78, 5) is 12.0. The third-order valence-corrected chi connectivity index (χ3v) is 2.95. The number of benzene rings is 2. The molecule has 0 bridgehead atoms. The highest BCUT2D eigenvalue weighted by molar-refractivity contribution is 6.31. The van der Waals surface area contributed by atoms with Gasteiger partial charge in [-0.25, -0.2) is 4.39 Å². The molecule has 17 heavy (non-hydrogen) atoms. The summed E-state index contributed by atoms with van der Waals surface area (Å²) in [7, 11) is 0. The molecule has 2 aromatic rings. The number of rotatable bonds is 2. The Morgan fingerprint density at radius 3 is 2.24 bits per heavy atom. The van der Waals surface area contributed by atoms with Crippen LogP contribution in [0.1, 0.15) is 21.5 Å². The molecule has 3 heteroatoms. The van der Waals surface area contributed by atoms with Gasteiger partial charge in [0.1, 0.15) is 5.82 Å². The number of carbonyl (C=O) groups is 1. The van der Waals surface area contributed by atoms with Gasteiger partial charge in [0, 0.05) is 16.1 Å².